The number of nitro groups is 1. The van der Waals surface area contributed by atoms with Gasteiger partial charge >= 0.3 is 50.1 Å². The Kier molecular flexibility index (Phi) is 46.0. The molecule has 0 saturated carbocycles. The molecule has 0 aliphatic carbocycles. The second kappa shape index (κ2) is 52.1. The molecule has 19 atom stereocenters. The van der Waals surface area contributed by atoms with Gasteiger partial charge in [-0.15, -0.1) is 0 Å². The van der Waals surface area contributed by atoms with Crippen LogP contribution in [0, 0.1) is 24.0 Å². The van der Waals surface area contributed by atoms with Crippen LogP contribution in [0.25, 0.3) is 0 Å². The molecule has 8 heterocycles. The maximum Gasteiger partial charge on any atom is 0.508 e. The molecular formula is C93H151N9O30P2Si4Y2-2. The molecule has 39 nitrogen and oxygen atoms in total. The van der Waals surface area contributed by atoms with Crippen molar-refractivity contribution in [3.05, 3.63) is 186 Å². The van der Waals surface area contributed by atoms with Crippen LogP contribution in [0.2, 0.25) is 69.5 Å². The topological polar surface area (TPSA) is 486 Å². The maximum atomic E-state index is 14.8. The van der Waals surface area contributed by atoms with E-state index in [4.69, 9.17) is 69.0 Å². The van der Waals surface area contributed by atoms with Crippen LogP contribution >= 0.6 is 15.2 Å². The van der Waals surface area contributed by atoms with E-state index in [2.05, 4.69) is 75.3 Å². The molecule has 0 spiro atoms. The number of nitrogens with zero attached hydrogens (tertiary/aromatic N) is 5. The van der Waals surface area contributed by atoms with Gasteiger partial charge in [0.25, 0.3) is 27.9 Å². The van der Waals surface area contributed by atoms with Gasteiger partial charge in [0.15, 0.2) is 53.8 Å². The molecule has 4 N–H and O–H groups in total. The van der Waals surface area contributed by atoms with Gasteiger partial charge in [0.1, 0.15) is 61.2 Å². The normalized spacial score (nSPS) is 24.2. The molecule has 1 aromatic carbocycles. The van der Waals surface area contributed by atoms with Crippen molar-refractivity contribution in [1.29, 1.82) is 0 Å². The molecule has 782 valence electrons. The molecule has 2 radical (unpaired) electrons. The number of carbonyl (C=O) groups excluding carboxylic acids is 3. The van der Waals surface area contributed by atoms with Gasteiger partial charge in [-0.3, -0.25) is 95.3 Å². The van der Waals surface area contributed by atoms with Crippen LogP contribution in [0.4, 0.5) is 10.5 Å². The van der Waals surface area contributed by atoms with Crippen molar-refractivity contribution in [2.24, 2.45) is 0 Å². The number of aromatic amines is 4. The van der Waals surface area contributed by atoms with Crippen molar-refractivity contribution in [3.8, 4) is 0 Å². The van der Waals surface area contributed by atoms with E-state index in [0.29, 0.717) is 50.5 Å². The number of H-pyrrole nitrogens is 4. The molecule has 0 amide bonds. The number of ketones is 1. The number of hydrogen-bond acceptors (Lipinski definition) is 30. The van der Waals surface area contributed by atoms with Gasteiger partial charge in [0.2, 0.25) is 16.6 Å². The number of aryl methyl sites for hydroxylation is 1. The van der Waals surface area contributed by atoms with Gasteiger partial charge in [-0.2, -0.15) is 12.8 Å². The van der Waals surface area contributed by atoms with Gasteiger partial charge in [-0.1, -0.05) is 170 Å². The van der Waals surface area contributed by atoms with Crippen LogP contribution in [0.5, 0.6) is 0 Å². The summed E-state index contributed by atoms with van der Waals surface area (Å²) >= 11 is 0. The van der Waals surface area contributed by atoms with Crippen molar-refractivity contribution < 1.29 is 163 Å². The number of ether oxygens (including phenoxy) is 7. The van der Waals surface area contributed by atoms with Gasteiger partial charge < -0.3 is 73.8 Å². The monoisotopic (exact) mass is 2230 g/mol. The molecule has 9 rings (SSSR count). The van der Waals surface area contributed by atoms with Gasteiger partial charge in [-0.25, -0.2) is 24.0 Å². The Morgan fingerprint density at radius 1 is 0.471 bits per heavy atom. The summed E-state index contributed by atoms with van der Waals surface area (Å²) in [5.41, 5.74) is -4.52. The molecule has 4 fully saturated rings. The van der Waals surface area contributed by atoms with Crippen molar-refractivity contribution in [1.82, 2.24) is 38.2 Å². The van der Waals surface area contributed by atoms with Crippen LogP contribution in [0.15, 0.2) is 106 Å². The Morgan fingerprint density at radius 3 is 1.12 bits per heavy atom. The molecule has 5 aromatic rings. The summed E-state index contributed by atoms with van der Waals surface area (Å²) in [6, 6.07) is 9.66. The second-order valence-corrected chi connectivity index (χ2v) is 65.7. The second-order valence-electron chi connectivity index (χ2n) is 41.4. The molecule has 4 aromatic heterocycles. The minimum atomic E-state index is -4.23. The number of Topliss-reactive ketones (excluding diaryl/α,β-unsaturated/α-hetero) is 1. The first-order valence-electron chi connectivity index (χ1n) is 48.0. The summed E-state index contributed by atoms with van der Waals surface area (Å²) in [6.45, 7) is 59.2. The molecule has 4 aliphatic rings. The van der Waals surface area contributed by atoms with Gasteiger partial charge in [0.05, 0.1) is 36.8 Å². The van der Waals surface area contributed by atoms with Crippen LogP contribution in [-0.2, 0) is 160 Å². The summed E-state index contributed by atoms with van der Waals surface area (Å²) in [6.07, 6.45) is -9.07. The predicted molar refractivity (Wildman–Crippen MR) is 530 cm³/mol. The van der Waals surface area contributed by atoms with Gasteiger partial charge in [-0.05, 0) is 101 Å². The predicted octanol–water partition coefficient (Wildman–Crippen LogP) is 16.0. The average Bonchev–Trinajstić information content (AvgIpc) is 1.68. The first-order valence-corrected chi connectivity index (χ1v) is 62.0. The molecule has 4 aliphatic heterocycles. The number of rotatable bonds is 46. The quantitative estimate of drug-likeness (QED) is 0.00534. The van der Waals surface area contributed by atoms with E-state index in [1.54, 1.807) is 19.1 Å². The fraction of sp³-hybridized carbons (Fsp3) is 0.710. The van der Waals surface area contributed by atoms with E-state index < -0.39 is 228 Å². The number of hydrogen-bond donors (Lipinski definition) is 4. The van der Waals surface area contributed by atoms with Crippen LogP contribution in [0.3, 0.4) is 0 Å². The zero-order valence-corrected chi connectivity index (χ0v) is 97.9. The number of aromatic nitrogens is 8. The molecule has 4 saturated heterocycles. The number of nitrogens with one attached hydrogen (secondary N) is 4. The fourth-order valence-electron chi connectivity index (χ4n) is 18.6. The van der Waals surface area contributed by atoms with E-state index in [1.807, 2.05) is 123 Å². The van der Waals surface area contributed by atoms with Crippen molar-refractivity contribution in [3.63, 3.8) is 0 Å². The van der Waals surface area contributed by atoms with E-state index in [1.165, 1.54) is 76.1 Å². The minimum Gasteiger partial charge on any atom is -0.457 e. The molecular weight excluding hydrogens is 2080 g/mol. The number of esters is 1. The Balaban J connectivity index is 0.000000426. The number of unbranched alkanes of at least 4 members (excludes halogenated alkanes) is 3. The Bertz CT molecular complexity index is 5530. The SMILES string of the molecule is [CH2-]CCCCC(=O)CCC(=O)OC1[C@@H](COP(C)(=O)OC2[C@@H](CC)O[C@@H](n3ccc(=O)[nH]c3=O)[C@H]2O[Si](C)(C)C(C)(C)C)O[C@@H](n2ccc(=O)[nH]c2=O)[C@H]1O[Si](C(C)C)(C(C)C)C(C)C.[CH2-]CCCc1ccc(C(C)COC(=O)OC2[C@@H](COP(C)(=O)OC3[C@@H](CC)O[C@@H](n4ccc(=O)[nH]c4=O)[C@H]3O[Si](C)(C)C(C)(C)C)O[C@@H](n3ccc(=O)[nH]c3=O)[C@H]2O[Si](C(C)C)(C(C)C)C(C)C)c([N+](=O)[O-])c1.[Y].[Y]. The van der Waals surface area contributed by atoms with Crippen molar-refractivity contribution in [2.75, 3.05) is 33.2 Å². The summed E-state index contributed by atoms with van der Waals surface area (Å²) < 4.78 is 132. The number of carbonyl (C=O) groups is 3. The van der Waals surface area contributed by atoms with Crippen LogP contribution in [0.1, 0.15) is 252 Å². The van der Waals surface area contributed by atoms with E-state index in [9.17, 15) is 72.0 Å². The number of nitro benzene ring substituents is 1. The maximum absolute atomic E-state index is 14.8. The molecule has 140 heavy (non-hydrogen) atoms. The van der Waals surface area contributed by atoms with Crippen molar-refractivity contribution >= 4 is 72.1 Å². The first-order chi connectivity index (χ1) is 64.2. The smallest absolute Gasteiger partial charge is 0.457 e. The zero-order chi connectivity index (χ0) is 103. The van der Waals surface area contributed by atoms with Crippen LogP contribution in [-0.4, -0.2) is 201 Å². The van der Waals surface area contributed by atoms with E-state index in [-0.39, 0.29) is 140 Å². The summed E-state index contributed by atoms with van der Waals surface area (Å²) in [4.78, 5) is 164. The minimum absolute atomic E-state index is 0. The average molecular weight is 2230 g/mol. The Hall–Kier alpha value is -5.19. The largest absolute Gasteiger partial charge is 0.508 e. The Labute approximate surface area is 874 Å². The number of benzene rings is 1. The van der Waals surface area contributed by atoms with E-state index in [0.717, 1.165) is 29.0 Å². The third-order valence-corrected chi connectivity index (χ3v) is 51.3. The zero-order valence-electron chi connectivity index (χ0n) is 86.5. The standard InChI is InChI=1S/C49H77N5O16PSi2.C44H74N4O14PSi2.2Y/c1-16-18-19-33-20-21-34(35(26-33)54(60)61)32(9)27-63-48(59)67-40-37(66-44(52-24-22-38(55)50-46(52)57)42(40)70-73(29(3)4,30(5)6)31(7)8)28-64-71(13,62)68-41-36(17-2)65-45(53-25-23-39(56)51-47(53)58)43(41)69-72(14,15)49(10,11)12;1-15-17-18-19-30(49)20-21-35(52)59-36-32(58-40(47-24-22-33(50)45-42(47)53)38(36)62-65(27(3)4,28(5)6)29(7)8)26-56-63(12,55)60-37-31(16-2)57-41(48-25-23-34(51)46-43(48)54)39(37)61-64(13,14)44(9,10)11;;/h20-26,29-32,36-37,40-45H,1,16-19,27-28H2,2-15H3,(H,50,55,57)(H,51,56,58);22-25,27-29,31-32,36-41H,1,15-21,26H2,2-14H3,(H,45,50,53)(H,46,51,54);;/q2*-1;;/t32?,36-,37-,40?,41?,42+,43+,44-,45-,71?;31-,32-,36?,37?,38+,39+,40-,41-,63?;;/m11../s1. The van der Waals surface area contributed by atoms with Crippen molar-refractivity contribution in [2.45, 2.75) is 390 Å². The summed E-state index contributed by atoms with van der Waals surface area (Å²) in [5.74, 6) is -1.46. The third kappa shape index (κ3) is 30.6. The van der Waals surface area contributed by atoms with Crippen LogP contribution < -0.4 is 45.0 Å². The summed E-state index contributed by atoms with van der Waals surface area (Å²) in [5, 5.41) is 11.6. The first kappa shape index (κ1) is 123. The third-order valence-electron chi connectivity index (χ3n) is 27.6. The van der Waals surface area contributed by atoms with Gasteiger partial charge in [0, 0.05) is 158 Å². The molecule has 47 heteroatoms. The Morgan fingerprint density at radius 2 is 0.807 bits per heavy atom. The molecule has 0 bridgehead atoms. The summed E-state index contributed by atoms with van der Waals surface area (Å²) in [7, 11) is -19.6. The fourth-order valence-corrected chi connectivity index (χ4v) is 34.6. The molecule has 7 unspecified atom stereocenters. The van der Waals surface area contributed by atoms with E-state index >= 15 is 0 Å².